The highest BCUT2D eigenvalue weighted by Gasteiger charge is 2.16. The monoisotopic (exact) mass is 430 g/mol. The highest BCUT2D eigenvalue weighted by Crippen LogP contribution is 2.11. The zero-order valence-corrected chi connectivity index (χ0v) is 17.7. The van der Waals surface area contributed by atoms with Crippen LogP contribution < -0.4 is 10.6 Å². The van der Waals surface area contributed by atoms with Crippen LogP contribution in [0.15, 0.2) is 42.5 Å². The minimum Gasteiger partial charge on any atom is -0.350 e. The van der Waals surface area contributed by atoms with Crippen molar-refractivity contribution in [2.24, 2.45) is 0 Å². The number of benzene rings is 2. The van der Waals surface area contributed by atoms with Gasteiger partial charge in [0.05, 0.1) is 12.1 Å². The van der Waals surface area contributed by atoms with Gasteiger partial charge in [-0.25, -0.2) is 8.78 Å². The van der Waals surface area contributed by atoms with Crippen LogP contribution >= 0.6 is 0 Å². The van der Waals surface area contributed by atoms with E-state index in [0.29, 0.717) is 12.6 Å². The quantitative estimate of drug-likeness (QED) is 0.674. The van der Waals surface area contributed by atoms with Gasteiger partial charge in [0.15, 0.2) is 0 Å². The molecule has 0 aliphatic carbocycles. The lowest BCUT2D eigenvalue weighted by atomic mass is 10.1. The number of hydrogen-bond donors (Lipinski definition) is 2. The van der Waals surface area contributed by atoms with E-state index in [1.165, 1.54) is 5.56 Å². The standard InChI is InChI=1S/C23H28F2N4O2/c1-2-28-9-11-29(12-10-28)16-18-5-3-17(4-6-18)14-26-22(30)15-27-23(31)20-8-7-19(24)13-21(20)25/h3-8,13H,2,9-12,14-16H2,1H3,(H,26,30)(H,27,31). The number of piperazine rings is 1. The van der Waals surface area contributed by atoms with Crippen LogP contribution in [0.5, 0.6) is 0 Å². The van der Waals surface area contributed by atoms with Crippen LogP contribution in [0, 0.1) is 11.6 Å². The first kappa shape index (κ1) is 22.8. The SMILES string of the molecule is CCN1CCN(Cc2ccc(CNC(=O)CNC(=O)c3ccc(F)cc3F)cc2)CC1. The zero-order valence-electron chi connectivity index (χ0n) is 17.7. The molecule has 166 valence electrons. The Balaban J connectivity index is 1.39. The van der Waals surface area contributed by atoms with Gasteiger partial charge in [0, 0.05) is 45.3 Å². The normalized spacial score (nSPS) is 14.9. The van der Waals surface area contributed by atoms with Gasteiger partial charge in [-0.15, -0.1) is 0 Å². The molecule has 8 heteroatoms. The van der Waals surface area contributed by atoms with Crippen molar-refractivity contribution in [2.45, 2.75) is 20.0 Å². The molecule has 0 bridgehead atoms. The molecule has 2 aromatic carbocycles. The summed E-state index contributed by atoms with van der Waals surface area (Å²) in [6.45, 7) is 8.57. The third-order valence-corrected chi connectivity index (χ3v) is 5.42. The number of hydrogen-bond acceptors (Lipinski definition) is 4. The lowest BCUT2D eigenvalue weighted by Gasteiger charge is -2.34. The number of rotatable bonds is 8. The summed E-state index contributed by atoms with van der Waals surface area (Å²) >= 11 is 0. The first-order chi connectivity index (χ1) is 14.9. The van der Waals surface area contributed by atoms with Gasteiger partial charge in [0.25, 0.3) is 5.91 Å². The van der Waals surface area contributed by atoms with Gasteiger partial charge in [-0.1, -0.05) is 31.2 Å². The second-order valence-corrected chi connectivity index (χ2v) is 7.61. The average Bonchev–Trinajstić information content (AvgIpc) is 2.77. The van der Waals surface area contributed by atoms with Crippen LogP contribution in [0.3, 0.4) is 0 Å². The van der Waals surface area contributed by atoms with E-state index in [4.69, 9.17) is 0 Å². The second-order valence-electron chi connectivity index (χ2n) is 7.61. The van der Waals surface area contributed by atoms with E-state index in [1.807, 2.05) is 12.1 Å². The Morgan fingerprint density at radius 1 is 0.903 bits per heavy atom. The summed E-state index contributed by atoms with van der Waals surface area (Å²) in [5.74, 6) is -2.90. The molecular formula is C23H28F2N4O2. The molecule has 6 nitrogen and oxygen atoms in total. The summed E-state index contributed by atoms with van der Waals surface area (Å²) in [5.41, 5.74) is 1.87. The van der Waals surface area contributed by atoms with E-state index in [0.717, 1.165) is 57.0 Å². The topological polar surface area (TPSA) is 64.7 Å². The number of carbonyl (C=O) groups is 2. The lowest BCUT2D eigenvalue weighted by Crippen LogP contribution is -2.45. The Kier molecular flexibility index (Phi) is 8.08. The zero-order chi connectivity index (χ0) is 22.2. The summed E-state index contributed by atoms with van der Waals surface area (Å²) in [7, 11) is 0. The molecule has 1 heterocycles. The molecule has 2 N–H and O–H groups in total. The molecule has 1 aliphatic heterocycles. The number of halogens is 2. The minimum absolute atomic E-state index is 0.294. The Hall–Kier alpha value is -2.84. The fraction of sp³-hybridized carbons (Fsp3) is 0.391. The molecule has 3 rings (SSSR count). The molecular weight excluding hydrogens is 402 g/mol. The molecule has 31 heavy (non-hydrogen) atoms. The van der Waals surface area contributed by atoms with E-state index in [1.54, 1.807) is 0 Å². The highest BCUT2D eigenvalue weighted by atomic mass is 19.1. The van der Waals surface area contributed by atoms with Crippen molar-refractivity contribution in [3.05, 3.63) is 70.8 Å². The molecule has 0 aromatic heterocycles. The van der Waals surface area contributed by atoms with Crippen LogP contribution in [0.25, 0.3) is 0 Å². The molecule has 1 aliphatic rings. The number of likely N-dealkylation sites (N-methyl/N-ethyl adjacent to an activating group) is 1. The summed E-state index contributed by atoms with van der Waals surface area (Å²) < 4.78 is 26.5. The molecule has 0 unspecified atom stereocenters. The van der Waals surface area contributed by atoms with E-state index < -0.39 is 23.4 Å². The van der Waals surface area contributed by atoms with Crippen LogP contribution in [0.2, 0.25) is 0 Å². The predicted octanol–water partition coefficient (Wildman–Crippen LogP) is 2.15. The molecule has 0 radical (unpaired) electrons. The van der Waals surface area contributed by atoms with Crippen molar-refractivity contribution in [2.75, 3.05) is 39.3 Å². The van der Waals surface area contributed by atoms with Gasteiger partial charge in [-0.05, 0) is 29.8 Å². The third-order valence-electron chi connectivity index (χ3n) is 5.42. The fourth-order valence-electron chi connectivity index (χ4n) is 3.48. The number of nitrogens with zero attached hydrogens (tertiary/aromatic N) is 2. The molecule has 2 aromatic rings. The minimum atomic E-state index is -0.967. The Bertz CT molecular complexity index is 897. The smallest absolute Gasteiger partial charge is 0.254 e. The van der Waals surface area contributed by atoms with Gasteiger partial charge >= 0.3 is 0 Å². The van der Waals surface area contributed by atoms with Crippen molar-refractivity contribution in [1.29, 1.82) is 0 Å². The molecule has 0 saturated carbocycles. The average molecular weight is 430 g/mol. The van der Waals surface area contributed by atoms with Gasteiger partial charge in [-0.3, -0.25) is 14.5 Å². The largest absolute Gasteiger partial charge is 0.350 e. The van der Waals surface area contributed by atoms with Crippen molar-refractivity contribution in [3.8, 4) is 0 Å². The molecule has 1 fully saturated rings. The van der Waals surface area contributed by atoms with E-state index in [9.17, 15) is 18.4 Å². The highest BCUT2D eigenvalue weighted by molar-refractivity contribution is 5.96. The molecule has 1 saturated heterocycles. The third kappa shape index (κ3) is 6.83. The Morgan fingerprint density at radius 3 is 2.19 bits per heavy atom. The Labute approximate surface area is 181 Å². The molecule has 0 spiro atoms. The second kappa shape index (κ2) is 11.0. The molecule has 0 atom stereocenters. The summed E-state index contributed by atoms with van der Waals surface area (Å²) in [5, 5.41) is 5.05. The maximum absolute atomic E-state index is 13.6. The van der Waals surface area contributed by atoms with Gasteiger partial charge < -0.3 is 15.5 Å². The summed E-state index contributed by atoms with van der Waals surface area (Å²) in [6.07, 6.45) is 0. The number of amides is 2. The van der Waals surface area contributed by atoms with Gasteiger partial charge in [0.1, 0.15) is 11.6 Å². The van der Waals surface area contributed by atoms with Crippen molar-refractivity contribution in [3.63, 3.8) is 0 Å². The lowest BCUT2D eigenvalue weighted by molar-refractivity contribution is -0.120. The maximum Gasteiger partial charge on any atom is 0.254 e. The van der Waals surface area contributed by atoms with Gasteiger partial charge in [-0.2, -0.15) is 0 Å². The molecule has 2 amide bonds. The van der Waals surface area contributed by atoms with Crippen LogP contribution in [-0.2, 0) is 17.9 Å². The van der Waals surface area contributed by atoms with Crippen molar-refractivity contribution in [1.82, 2.24) is 20.4 Å². The van der Waals surface area contributed by atoms with E-state index in [-0.39, 0.29) is 12.1 Å². The first-order valence-electron chi connectivity index (χ1n) is 10.5. The number of nitrogens with one attached hydrogen (secondary N) is 2. The summed E-state index contributed by atoms with van der Waals surface area (Å²) in [6, 6.07) is 10.7. The first-order valence-corrected chi connectivity index (χ1v) is 10.5. The van der Waals surface area contributed by atoms with Crippen molar-refractivity contribution >= 4 is 11.8 Å². The van der Waals surface area contributed by atoms with E-state index in [2.05, 4.69) is 39.5 Å². The Morgan fingerprint density at radius 2 is 1.55 bits per heavy atom. The summed E-state index contributed by atoms with van der Waals surface area (Å²) in [4.78, 5) is 28.8. The van der Waals surface area contributed by atoms with Crippen molar-refractivity contribution < 1.29 is 18.4 Å². The van der Waals surface area contributed by atoms with Crippen LogP contribution in [0.4, 0.5) is 8.78 Å². The van der Waals surface area contributed by atoms with Crippen LogP contribution in [0.1, 0.15) is 28.4 Å². The maximum atomic E-state index is 13.6. The van der Waals surface area contributed by atoms with E-state index >= 15 is 0 Å². The predicted molar refractivity (Wildman–Crippen MR) is 114 cm³/mol. The fourth-order valence-corrected chi connectivity index (χ4v) is 3.48. The number of carbonyl (C=O) groups excluding carboxylic acids is 2. The van der Waals surface area contributed by atoms with Gasteiger partial charge in [0.2, 0.25) is 5.91 Å². The van der Waals surface area contributed by atoms with Crippen LogP contribution in [-0.4, -0.2) is 60.9 Å².